The number of nitrogens with zero attached hydrogens (tertiary/aromatic N) is 2. The van der Waals surface area contributed by atoms with E-state index in [9.17, 15) is 13.2 Å². The van der Waals surface area contributed by atoms with Crippen LogP contribution in [-0.4, -0.2) is 22.5 Å². The van der Waals surface area contributed by atoms with Crippen molar-refractivity contribution in [1.29, 1.82) is 0 Å². The SMILES string of the molecule is NCC(Cn1cc(-c2ccccc2)cn1)C(F)(F)F. The van der Waals surface area contributed by atoms with Crippen molar-refractivity contribution in [3.8, 4) is 11.1 Å². The Morgan fingerprint density at radius 1 is 1.16 bits per heavy atom. The van der Waals surface area contributed by atoms with Gasteiger partial charge < -0.3 is 5.73 Å². The standard InChI is InChI=1S/C13H14F3N3/c14-13(15,16)12(6-17)9-19-8-11(7-18-19)10-4-2-1-3-5-10/h1-5,7-8,12H,6,9,17H2. The second-order valence-corrected chi connectivity index (χ2v) is 4.29. The van der Waals surface area contributed by atoms with Crippen molar-refractivity contribution in [2.45, 2.75) is 12.7 Å². The van der Waals surface area contributed by atoms with Crippen molar-refractivity contribution in [3.63, 3.8) is 0 Å². The van der Waals surface area contributed by atoms with Crippen molar-refractivity contribution in [3.05, 3.63) is 42.7 Å². The number of hydrogen-bond acceptors (Lipinski definition) is 2. The van der Waals surface area contributed by atoms with Gasteiger partial charge in [-0.25, -0.2) is 0 Å². The van der Waals surface area contributed by atoms with E-state index in [1.807, 2.05) is 30.3 Å². The molecule has 0 radical (unpaired) electrons. The maximum Gasteiger partial charge on any atom is 0.394 e. The van der Waals surface area contributed by atoms with Gasteiger partial charge in [-0.05, 0) is 5.56 Å². The van der Waals surface area contributed by atoms with Crippen LogP contribution in [0, 0.1) is 5.92 Å². The van der Waals surface area contributed by atoms with Crippen LogP contribution >= 0.6 is 0 Å². The number of hydrogen-bond donors (Lipinski definition) is 1. The van der Waals surface area contributed by atoms with E-state index in [0.717, 1.165) is 11.1 Å². The summed E-state index contributed by atoms with van der Waals surface area (Å²) in [5.74, 6) is -1.57. The number of halogens is 3. The molecule has 6 heteroatoms. The Labute approximate surface area is 108 Å². The van der Waals surface area contributed by atoms with Crippen LogP contribution in [0.2, 0.25) is 0 Å². The molecule has 19 heavy (non-hydrogen) atoms. The molecule has 102 valence electrons. The Bertz CT molecular complexity index is 519. The molecule has 1 aromatic heterocycles. The third kappa shape index (κ3) is 3.35. The first-order valence-corrected chi connectivity index (χ1v) is 5.85. The van der Waals surface area contributed by atoms with E-state index in [1.54, 1.807) is 12.4 Å². The fourth-order valence-electron chi connectivity index (χ4n) is 1.78. The van der Waals surface area contributed by atoms with E-state index in [1.165, 1.54) is 4.68 Å². The highest BCUT2D eigenvalue weighted by molar-refractivity contribution is 5.61. The molecule has 2 rings (SSSR count). The monoisotopic (exact) mass is 269 g/mol. The molecule has 0 saturated carbocycles. The first-order valence-electron chi connectivity index (χ1n) is 5.85. The molecule has 2 aromatic rings. The molecule has 0 fully saturated rings. The summed E-state index contributed by atoms with van der Waals surface area (Å²) in [6, 6.07) is 9.37. The molecule has 1 heterocycles. The van der Waals surface area contributed by atoms with Gasteiger partial charge in [0.15, 0.2) is 0 Å². The van der Waals surface area contributed by atoms with Gasteiger partial charge in [-0.1, -0.05) is 30.3 Å². The van der Waals surface area contributed by atoms with Crippen LogP contribution < -0.4 is 5.73 Å². The lowest BCUT2D eigenvalue weighted by molar-refractivity contribution is -0.175. The van der Waals surface area contributed by atoms with E-state index in [0.29, 0.717) is 0 Å². The molecular formula is C13H14F3N3. The van der Waals surface area contributed by atoms with Crippen molar-refractivity contribution in [1.82, 2.24) is 9.78 Å². The average Bonchev–Trinajstić information content (AvgIpc) is 2.84. The van der Waals surface area contributed by atoms with E-state index >= 15 is 0 Å². The summed E-state index contributed by atoms with van der Waals surface area (Å²) < 4.78 is 39.1. The Morgan fingerprint density at radius 3 is 2.42 bits per heavy atom. The Balaban J connectivity index is 2.14. The van der Waals surface area contributed by atoms with Crippen molar-refractivity contribution < 1.29 is 13.2 Å². The van der Waals surface area contributed by atoms with Crippen LogP contribution in [0.5, 0.6) is 0 Å². The zero-order valence-electron chi connectivity index (χ0n) is 10.1. The van der Waals surface area contributed by atoms with E-state index in [-0.39, 0.29) is 6.54 Å². The first kappa shape index (κ1) is 13.6. The van der Waals surface area contributed by atoms with Crippen molar-refractivity contribution in [2.24, 2.45) is 11.7 Å². The van der Waals surface area contributed by atoms with Crippen LogP contribution in [0.15, 0.2) is 42.7 Å². The van der Waals surface area contributed by atoms with Crippen LogP contribution in [0.3, 0.4) is 0 Å². The summed E-state index contributed by atoms with van der Waals surface area (Å²) in [6.07, 6.45) is -1.14. The highest BCUT2D eigenvalue weighted by atomic mass is 19.4. The van der Waals surface area contributed by atoms with Gasteiger partial charge in [-0.2, -0.15) is 18.3 Å². The molecule has 1 atom stereocenters. The fourth-order valence-corrected chi connectivity index (χ4v) is 1.78. The van der Waals surface area contributed by atoms with Gasteiger partial charge in [0.2, 0.25) is 0 Å². The van der Waals surface area contributed by atoms with Gasteiger partial charge in [0.25, 0.3) is 0 Å². The number of rotatable bonds is 4. The average molecular weight is 269 g/mol. The normalized spacial score (nSPS) is 13.5. The highest BCUT2D eigenvalue weighted by Crippen LogP contribution is 2.27. The van der Waals surface area contributed by atoms with Gasteiger partial charge in [-0.15, -0.1) is 0 Å². The van der Waals surface area contributed by atoms with Crippen LogP contribution in [0.1, 0.15) is 0 Å². The fraction of sp³-hybridized carbons (Fsp3) is 0.308. The van der Waals surface area contributed by atoms with Gasteiger partial charge in [-0.3, -0.25) is 4.68 Å². The van der Waals surface area contributed by atoms with E-state index < -0.39 is 18.6 Å². The zero-order valence-corrected chi connectivity index (χ0v) is 10.1. The Morgan fingerprint density at radius 2 is 1.84 bits per heavy atom. The lowest BCUT2D eigenvalue weighted by atomic mass is 10.1. The Hall–Kier alpha value is -1.82. The molecule has 0 saturated heterocycles. The summed E-state index contributed by atoms with van der Waals surface area (Å²) in [6.45, 7) is -0.698. The zero-order chi connectivity index (χ0) is 13.9. The third-order valence-electron chi connectivity index (χ3n) is 2.90. The summed E-state index contributed by atoms with van der Waals surface area (Å²) in [4.78, 5) is 0. The highest BCUT2D eigenvalue weighted by Gasteiger charge is 2.38. The molecule has 0 aliphatic rings. The second-order valence-electron chi connectivity index (χ2n) is 4.29. The molecule has 0 bridgehead atoms. The van der Waals surface area contributed by atoms with E-state index in [2.05, 4.69) is 5.10 Å². The number of benzene rings is 1. The molecule has 1 aromatic carbocycles. The summed E-state index contributed by atoms with van der Waals surface area (Å²) in [7, 11) is 0. The molecule has 1 unspecified atom stereocenters. The lowest BCUT2D eigenvalue weighted by Crippen LogP contribution is -2.33. The van der Waals surface area contributed by atoms with Crippen LogP contribution in [0.4, 0.5) is 13.2 Å². The molecule has 0 amide bonds. The van der Waals surface area contributed by atoms with Crippen LogP contribution in [-0.2, 0) is 6.54 Å². The predicted molar refractivity (Wildman–Crippen MR) is 66.3 cm³/mol. The topological polar surface area (TPSA) is 43.8 Å². The summed E-state index contributed by atoms with van der Waals surface area (Å²) in [5.41, 5.74) is 6.88. The van der Waals surface area contributed by atoms with Crippen molar-refractivity contribution >= 4 is 0 Å². The minimum atomic E-state index is -4.30. The van der Waals surface area contributed by atoms with Gasteiger partial charge in [0, 0.05) is 18.3 Å². The summed E-state index contributed by atoms with van der Waals surface area (Å²) in [5, 5.41) is 3.95. The number of nitrogens with two attached hydrogens (primary N) is 1. The lowest BCUT2D eigenvalue weighted by Gasteiger charge is -2.18. The largest absolute Gasteiger partial charge is 0.394 e. The maximum absolute atomic E-state index is 12.6. The molecule has 0 aliphatic heterocycles. The Kier molecular flexibility index (Phi) is 3.90. The molecule has 2 N–H and O–H groups in total. The summed E-state index contributed by atoms with van der Waals surface area (Å²) >= 11 is 0. The predicted octanol–water partition coefficient (Wildman–Crippen LogP) is 2.69. The maximum atomic E-state index is 12.6. The number of alkyl halides is 3. The quantitative estimate of drug-likeness (QED) is 0.927. The van der Waals surface area contributed by atoms with E-state index in [4.69, 9.17) is 5.73 Å². The molecular weight excluding hydrogens is 255 g/mol. The minimum Gasteiger partial charge on any atom is -0.330 e. The molecule has 0 spiro atoms. The van der Waals surface area contributed by atoms with Gasteiger partial charge >= 0.3 is 6.18 Å². The van der Waals surface area contributed by atoms with Crippen molar-refractivity contribution in [2.75, 3.05) is 6.54 Å². The molecule has 0 aliphatic carbocycles. The third-order valence-corrected chi connectivity index (χ3v) is 2.90. The van der Waals surface area contributed by atoms with Gasteiger partial charge in [0.1, 0.15) is 0 Å². The number of aromatic nitrogens is 2. The first-order chi connectivity index (χ1) is 9.00. The van der Waals surface area contributed by atoms with Gasteiger partial charge in [0.05, 0.1) is 18.7 Å². The smallest absolute Gasteiger partial charge is 0.330 e. The molecule has 3 nitrogen and oxygen atoms in total. The second kappa shape index (κ2) is 5.44. The minimum absolute atomic E-state index is 0.257. The van der Waals surface area contributed by atoms with Crippen LogP contribution in [0.25, 0.3) is 11.1 Å².